The zero-order valence-corrected chi connectivity index (χ0v) is 9.12. The Hall–Kier alpha value is -0.120. The van der Waals surface area contributed by atoms with E-state index in [1.165, 1.54) is 38.5 Å². The van der Waals surface area contributed by atoms with Crippen LogP contribution in [0.15, 0.2) is 0 Å². The van der Waals surface area contributed by atoms with Crippen molar-refractivity contribution in [3.63, 3.8) is 0 Å². The fourth-order valence-corrected chi connectivity index (χ4v) is 2.04. The highest BCUT2D eigenvalue weighted by Gasteiger charge is 2.10. The first-order valence-corrected chi connectivity index (χ1v) is 5.93. The maximum absolute atomic E-state index is 9.48. The minimum Gasteiger partial charge on any atom is -0.390 e. The molecule has 0 aromatic heterocycles. The second-order valence-corrected chi connectivity index (χ2v) is 4.31. The molecule has 0 aromatic rings. The second-order valence-electron chi connectivity index (χ2n) is 4.31. The summed E-state index contributed by atoms with van der Waals surface area (Å²) >= 11 is 0. The van der Waals surface area contributed by atoms with Gasteiger partial charge < -0.3 is 15.7 Å². The Morgan fingerprint density at radius 1 is 1.00 bits per heavy atom. The summed E-state index contributed by atoms with van der Waals surface area (Å²) in [6.45, 7) is 3.42. The smallest absolute Gasteiger partial charge is 0.0789 e. The molecule has 0 bridgehead atoms. The van der Waals surface area contributed by atoms with Crippen LogP contribution in [-0.4, -0.2) is 42.3 Å². The predicted molar refractivity (Wildman–Crippen MR) is 59.2 cm³/mol. The van der Waals surface area contributed by atoms with Gasteiger partial charge in [0, 0.05) is 13.1 Å². The van der Waals surface area contributed by atoms with Crippen LogP contribution < -0.4 is 5.73 Å². The van der Waals surface area contributed by atoms with Gasteiger partial charge in [0.2, 0.25) is 0 Å². The van der Waals surface area contributed by atoms with E-state index in [1.54, 1.807) is 0 Å². The normalized spacial score (nSPS) is 23.6. The minimum atomic E-state index is -0.337. The first kappa shape index (κ1) is 12.0. The maximum Gasteiger partial charge on any atom is 0.0789 e. The lowest BCUT2D eigenvalue weighted by Crippen LogP contribution is -2.37. The van der Waals surface area contributed by atoms with Gasteiger partial charge >= 0.3 is 0 Å². The Bertz CT molecular complexity index is 131. The van der Waals surface area contributed by atoms with E-state index in [0.29, 0.717) is 6.54 Å². The molecule has 0 spiro atoms. The number of β-amino-alcohol motifs (C(OH)–C–C–N with tert-alkyl or cyclic N) is 1. The van der Waals surface area contributed by atoms with Crippen molar-refractivity contribution in [3.8, 4) is 0 Å². The van der Waals surface area contributed by atoms with Gasteiger partial charge in [-0.25, -0.2) is 0 Å². The second kappa shape index (κ2) is 7.21. The lowest BCUT2D eigenvalue weighted by Gasteiger charge is -2.23. The highest BCUT2D eigenvalue weighted by molar-refractivity contribution is 4.67. The molecular weight excluding hydrogens is 176 g/mol. The van der Waals surface area contributed by atoms with E-state index < -0.39 is 0 Å². The SMILES string of the molecule is NC[C@H](O)CN1CCCCCCCC1. The Labute approximate surface area is 87.3 Å². The molecule has 1 heterocycles. The average molecular weight is 200 g/mol. The van der Waals surface area contributed by atoms with E-state index in [4.69, 9.17) is 5.73 Å². The molecule has 3 N–H and O–H groups in total. The molecule has 0 unspecified atom stereocenters. The van der Waals surface area contributed by atoms with Crippen LogP contribution in [0.5, 0.6) is 0 Å². The molecule has 0 amide bonds. The van der Waals surface area contributed by atoms with E-state index in [1.807, 2.05) is 0 Å². The third-order valence-electron chi connectivity index (χ3n) is 2.94. The molecule has 0 aromatic carbocycles. The van der Waals surface area contributed by atoms with E-state index in [2.05, 4.69) is 4.90 Å². The molecule has 1 fully saturated rings. The number of rotatable bonds is 3. The van der Waals surface area contributed by atoms with Gasteiger partial charge in [-0.1, -0.05) is 25.7 Å². The number of hydrogen-bond donors (Lipinski definition) is 2. The molecular formula is C11H24N2O. The number of aliphatic hydroxyl groups is 1. The van der Waals surface area contributed by atoms with Gasteiger partial charge in [0.1, 0.15) is 0 Å². The molecule has 0 saturated carbocycles. The molecule has 1 saturated heterocycles. The first-order chi connectivity index (χ1) is 6.83. The molecule has 3 heteroatoms. The van der Waals surface area contributed by atoms with Crippen LogP contribution >= 0.6 is 0 Å². The molecule has 1 atom stereocenters. The summed E-state index contributed by atoms with van der Waals surface area (Å²) in [6, 6.07) is 0. The summed E-state index contributed by atoms with van der Waals surface area (Å²) in [5.41, 5.74) is 5.41. The van der Waals surface area contributed by atoms with Crippen LogP contribution in [0.2, 0.25) is 0 Å². The Morgan fingerprint density at radius 3 is 2.00 bits per heavy atom. The Kier molecular flexibility index (Phi) is 6.15. The predicted octanol–water partition coefficient (Wildman–Crippen LogP) is 0.962. The molecule has 0 radical (unpaired) electrons. The number of aliphatic hydroxyl groups excluding tert-OH is 1. The summed E-state index contributed by atoms with van der Waals surface area (Å²) < 4.78 is 0. The number of hydrogen-bond acceptors (Lipinski definition) is 3. The van der Waals surface area contributed by atoms with Gasteiger partial charge in [0.25, 0.3) is 0 Å². The van der Waals surface area contributed by atoms with Crippen molar-refractivity contribution >= 4 is 0 Å². The number of nitrogens with two attached hydrogens (primary N) is 1. The van der Waals surface area contributed by atoms with Crippen molar-refractivity contribution in [2.45, 2.75) is 44.6 Å². The highest BCUT2D eigenvalue weighted by atomic mass is 16.3. The quantitative estimate of drug-likeness (QED) is 0.713. The minimum absolute atomic E-state index is 0.337. The van der Waals surface area contributed by atoms with E-state index in [9.17, 15) is 5.11 Å². The maximum atomic E-state index is 9.48. The summed E-state index contributed by atoms with van der Waals surface area (Å²) in [6.07, 6.45) is 7.66. The van der Waals surface area contributed by atoms with Gasteiger partial charge in [-0.05, 0) is 25.9 Å². The van der Waals surface area contributed by atoms with E-state index >= 15 is 0 Å². The summed E-state index contributed by atoms with van der Waals surface area (Å²) in [7, 11) is 0. The van der Waals surface area contributed by atoms with Crippen LogP contribution in [0.4, 0.5) is 0 Å². The fourth-order valence-electron chi connectivity index (χ4n) is 2.04. The molecule has 1 rings (SSSR count). The fraction of sp³-hybridized carbons (Fsp3) is 1.00. The highest BCUT2D eigenvalue weighted by Crippen LogP contribution is 2.11. The molecule has 1 aliphatic rings. The van der Waals surface area contributed by atoms with Gasteiger partial charge in [-0.15, -0.1) is 0 Å². The van der Waals surface area contributed by atoms with Crippen molar-refractivity contribution in [1.29, 1.82) is 0 Å². The van der Waals surface area contributed by atoms with Crippen molar-refractivity contribution < 1.29 is 5.11 Å². The summed E-state index contributed by atoms with van der Waals surface area (Å²) in [5.74, 6) is 0. The zero-order valence-electron chi connectivity index (χ0n) is 9.12. The van der Waals surface area contributed by atoms with E-state index in [0.717, 1.165) is 19.6 Å². The van der Waals surface area contributed by atoms with Crippen molar-refractivity contribution in [1.82, 2.24) is 4.90 Å². The molecule has 84 valence electrons. The monoisotopic (exact) mass is 200 g/mol. The standard InChI is InChI=1S/C11H24N2O/c12-9-11(14)10-13-7-5-3-1-2-4-6-8-13/h11,14H,1-10,12H2/t11-/m0/s1. The van der Waals surface area contributed by atoms with Crippen LogP contribution in [0.25, 0.3) is 0 Å². The van der Waals surface area contributed by atoms with Crippen molar-refractivity contribution in [2.24, 2.45) is 5.73 Å². The Morgan fingerprint density at radius 2 is 1.50 bits per heavy atom. The third-order valence-corrected chi connectivity index (χ3v) is 2.94. The third kappa shape index (κ3) is 4.94. The van der Waals surface area contributed by atoms with Crippen LogP contribution in [0, 0.1) is 0 Å². The van der Waals surface area contributed by atoms with Gasteiger partial charge in [-0.2, -0.15) is 0 Å². The van der Waals surface area contributed by atoms with Crippen molar-refractivity contribution in [2.75, 3.05) is 26.2 Å². The van der Waals surface area contributed by atoms with Crippen molar-refractivity contribution in [3.05, 3.63) is 0 Å². The average Bonchev–Trinajstić information content (AvgIpc) is 2.31. The Balaban J connectivity index is 2.25. The lowest BCUT2D eigenvalue weighted by molar-refractivity contribution is 0.117. The summed E-state index contributed by atoms with van der Waals surface area (Å²) in [5, 5.41) is 9.48. The molecule has 1 aliphatic heterocycles. The molecule has 0 aliphatic carbocycles. The lowest BCUT2D eigenvalue weighted by atomic mass is 10.1. The van der Waals surface area contributed by atoms with Gasteiger partial charge in [0.05, 0.1) is 6.10 Å². The van der Waals surface area contributed by atoms with Gasteiger partial charge in [-0.3, -0.25) is 0 Å². The number of nitrogens with zero attached hydrogens (tertiary/aromatic N) is 1. The van der Waals surface area contributed by atoms with Crippen LogP contribution in [-0.2, 0) is 0 Å². The summed E-state index contributed by atoms with van der Waals surface area (Å²) in [4.78, 5) is 2.36. The molecule has 3 nitrogen and oxygen atoms in total. The van der Waals surface area contributed by atoms with Gasteiger partial charge in [0.15, 0.2) is 0 Å². The van der Waals surface area contributed by atoms with E-state index in [-0.39, 0.29) is 6.10 Å². The largest absolute Gasteiger partial charge is 0.390 e. The van der Waals surface area contributed by atoms with Crippen LogP contribution in [0.1, 0.15) is 38.5 Å². The topological polar surface area (TPSA) is 49.5 Å². The van der Waals surface area contributed by atoms with Crippen LogP contribution in [0.3, 0.4) is 0 Å². The molecule has 14 heavy (non-hydrogen) atoms. The zero-order chi connectivity index (χ0) is 10.2. The first-order valence-electron chi connectivity index (χ1n) is 5.93.